The fourth-order valence-electron chi connectivity index (χ4n) is 2.17. The van der Waals surface area contributed by atoms with Gasteiger partial charge in [0.05, 0.1) is 10.5 Å². The molecule has 1 aromatic carbocycles. The summed E-state index contributed by atoms with van der Waals surface area (Å²) in [6.07, 6.45) is -3.39. The van der Waals surface area contributed by atoms with Crippen molar-refractivity contribution in [3.05, 3.63) is 34.7 Å². The third kappa shape index (κ3) is 2.88. The molecule has 7 heteroatoms. The fraction of sp³-hybridized carbons (Fsp3) is 0.385. The van der Waals surface area contributed by atoms with Crippen LogP contribution < -0.4 is 5.32 Å². The second-order valence-electron chi connectivity index (χ2n) is 4.60. The summed E-state index contributed by atoms with van der Waals surface area (Å²) < 4.78 is 61.9. The van der Waals surface area contributed by atoms with Gasteiger partial charge in [0.2, 0.25) is 9.84 Å². The van der Waals surface area contributed by atoms with Gasteiger partial charge >= 0.3 is 6.18 Å². The Bertz CT molecular complexity index is 648. The molecule has 110 valence electrons. The van der Waals surface area contributed by atoms with Gasteiger partial charge in [-0.05, 0) is 55.8 Å². The Morgan fingerprint density at radius 3 is 2.55 bits per heavy atom. The molecule has 1 N–H and O–H groups in total. The van der Waals surface area contributed by atoms with Crippen molar-refractivity contribution in [3.8, 4) is 0 Å². The third-order valence-corrected chi connectivity index (χ3v) is 4.69. The van der Waals surface area contributed by atoms with Crippen LogP contribution in [0.5, 0.6) is 0 Å². The van der Waals surface area contributed by atoms with Gasteiger partial charge in [-0.1, -0.05) is 0 Å². The molecule has 0 saturated carbocycles. The molecule has 0 unspecified atom stereocenters. The Morgan fingerprint density at radius 2 is 1.95 bits per heavy atom. The first kappa shape index (κ1) is 15.1. The van der Waals surface area contributed by atoms with E-state index in [-0.39, 0.29) is 10.5 Å². The SMILES string of the molecule is CNCCCC1=CS(=O)(=O)c2ccc(C(F)(F)F)cc21. The van der Waals surface area contributed by atoms with Crippen LogP contribution in [0.2, 0.25) is 0 Å². The second kappa shape index (κ2) is 5.21. The van der Waals surface area contributed by atoms with Crippen molar-refractivity contribution in [2.75, 3.05) is 13.6 Å². The molecule has 0 bridgehead atoms. The molecule has 1 aliphatic rings. The van der Waals surface area contributed by atoms with E-state index in [1.54, 1.807) is 7.05 Å². The molecule has 0 amide bonds. The van der Waals surface area contributed by atoms with E-state index < -0.39 is 21.6 Å². The molecule has 0 saturated heterocycles. The summed E-state index contributed by atoms with van der Waals surface area (Å²) in [4.78, 5) is -0.0371. The number of hydrogen-bond donors (Lipinski definition) is 1. The molecule has 2 rings (SSSR count). The van der Waals surface area contributed by atoms with E-state index in [4.69, 9.17) is 0 Å². The number of halogens is 3. The molecular weight excluding hydrogens is 291 g/mol. The summed E-state index contributed by atoms with van der Waals surface area (Å²) in [5.74, 6) is 0. The van der Waals surface area contributed by atoms with Crippen molar-refractivity contribution in [2.45, 2.75) is 23.9 Å². The molecule has 0 fully saturated rings. The highest BCUT2D eigenvalue weighted by Gasteiger charge is 2.34. The Hall–Kier alpha value is -1.34. The van der Waals surface area contributed by atoms with Crippen LogP contribution >= 0.6 is 0 Å². The van der Waals surface area contributed by atoms with Crippen LogP contribution in [0.15, 0.2) is 28.5 Å². The van der Waals surface area contributed by atoms with Crippen LogP contribution in [-0.2, 0) is 16.0 Å². The minimum atomic E-state index is -4.47. The van der Waals surface area contributed by atoms with Crippen LogP contribution in [0.4, 0.5) is 13.2 Å². The van der Waals surface area contributed by atoms with Crippen LogP contribution in [0, 0.1) is 0 Å². The third-order valence-electron chi connectivity index (χ3n) is 3.13. The number of rotatable bonds is 4. The van der Waals surface area contributed by atoms with Crippen molar-refractivity contribution in [2.24, 2.45) is 0 Å². The second-order valence-corrected chi connectivity index (χ2v) is 6.37. The first-order valence-corrected chi connectivity index (χ1v) is 7.62. The van der Waals surface area contributed by atoms with Crippen molar-refractivity contribution >= 4 is 15.4 Å². The molecule has 3 nitrogen and oxygen atoms in total. The van der Waals surface area contributed by atoms with Gasteiger partial charge < -0.3 is 5.32 Å². The number of sulfone groups is 1. The Kier molecular flexibility index (Phi) is 3.93. The topological polar surface area (TPSA) is 46.2 Å². The van der Waals surface area contributed by atoms with E-state index in [2.05, 4.69) is 5.32 Å². The predicted molar refractivity (Wildman–Crippen MR) is 69.8 cm³/mol. The Morgan fingerprint density at radius 1 is 1.25 bits per heavy atom. The lowest BCUT2D eigenvalue weighted by Gasteiger charge is -2.10. The number of nitrogens with one attached hydrogen (secondary N) is 1. The van der Waals surface area contributed by atoms with E-state index in [9.17, 15) is 21.6 Å². The largest absolute Gasteiger partial charge is 0.416 e. The summed E-state index contributed by atoms with van der Waals surface area (Å²) in [5, 5.41) is 3.99. The maximum absolute atomic E-state index is 12.7. The van der Waals surface area contributed by atoms with Gasteiger partial charge in [0, 0.05) is 5.41 Å². The van der Waals surface area contributed by atoms with E-state index in [0.29, 0.717) is 25.0 Å². The summed E-state index contributed by atoms with van der Waals surface area (Å²) in [5.41, 5.74) is -0.204. The average molecular weight is 305 g/mol. The van der Waals surface area contributed by atoms with Crippen LogP contribution in [0.1, 0.15) is 24.0 Å². The maximum Gasteiger partial charge on any atom is 0.416 e. The van der Waals surface area contributed by atoms with Gasteiger partial charge in [-0.15, -0.1) is 0 Å². The zero-order chi connectivity index (χ0) is 15.0. The molecule has 0 spiro atoms. The summed E-state index contributed by atoms with van der Waals surface area (Å²) in [7, 11) is -1.84. The van der Waals surface area contributed by atoms with Crippen molar-refractivity contribution in [3.63, 3.8) is 0 Å². The minimum Gasteiger partial charge on any atom is -0.320 e. The minimum absolute atomic E-state index is 0.0371. The predicted octanol–water partition coefficient (Wildman–Crippen LogP) is 2.83. The standard InChI is InChI=1S/C13H14F3NO2S/c1-17-6-2-3-9-8-20(18,19)12-5-4-10(7-11(9)12)13(14,15)16/h4-5,7-8,17H,2-3,6H2,1H3. The molecule has 20 heavy (non-hydrogen) atoms. The molecule has 1 aromatic rings. The maximum atomic E-state index is 12.7. The van der Waals surface area contributed by atoms with E-state index >= 15 is 0 Å². The molecule has 0 radical (unpaired) electrons. The fourth-order valence-corrected chi connectivity index (χ4v) is 3.67. The van der Waals surface area contributed by atoms with Gasteiger partial charge in [0.15, 0.2) is 0 Å². The van der Waals surface area contributed by atoms with Crippen molar-refractivity contribution < 1.29 is 21.6 Å². The highest BCUT2D eigenvalue weighted by molar-refractivity contribution is 7.95. The van der Waals surface area contributed by atoms with Gasteiger partial charge in [-0.3, -0.25) is 0 Å². The number of fused-ring (bicyclic) bond motifs is 1. The lowest BCUT2D eigenvalue weighted by Crippen LogP contribution is -2.08. The van der Waals surface area contributed by atoms with Gasteiger partial charge in [-0.25, -0.2) is 8.42 Å². The number of hydrogen-bond acceptors (Lipinski definition) is 3. The average Bonchev–Trinajstić information content (AvgIpc) is 2.60. The molecule has 1 heterocycles. The Balaban J connectivity index is 2.41. The van der Waals surface area contributed by atoms with Crippen LogP contribution in [0.3, 0.4) is 0 Å². The van der Waals surface area contributed by atoms with Crippen molar-refractivity contribution in [1.82, 2.24) is 5.32 Å². The van der Waals surface area contributed by atoms with Crippen LogP contribution in [0.25, 0.3) is 5.57 Å². The quantitative estimate of drug-likeness (QED) is 0.870. The van der Waals surface area contributed by atoms with E-state index in [0.717, 1.165) is 23.6 Å². The number of benzene rings is 1. The Labute approximate surface area is 115 Å². The molecule has 0 aliphatic carbocycles. The molecule has 0 aromatic heterocycles. The van der Waals surface area contributed by atoms with Gasteiger partial charge in [0.1, 0.15) is 0 Å². The summed E-state index contributed by atoms with van der Waals surface area (Å²) in [6.45, 7) is 0.672. The smallest absolute Gasteiger partial charge is 0.320 e. The first-order chi connectivity index (χ1) is 9.25. The molecule has 0 atom stereocenters. The number of alkyl halides is 3. The van der Waals surface area contributed by atoms with Gasteiger partial charge in [-0.2, -0.15) is 13.2 Å². The highest BCUT2D eigenvalue weighted by Crippen LogP contribution is 2.39. The molecule has 1 aliphatic heterocycles. The first-order valence-electron chi connectivity index (χ1n) is 6.07. The van der Waals surface area contributed by atoms with Crippen molar-refractivity contribution in [1.29, 1.82) is 0 Å². The zero-order valence-electron chi connectivity index (χ0n) is 10.8. The summed E-state index contributed by atoms with van der Waals surface area (Å²) in [6, 6.07) is 2.76. The monoisotopic (exact) mass is 305 g/mol. The molecular formula is C13H14F3NO2S. The van der Waals surface area contributed by atoms with Gasteiger partial charge in [0.25, 0.3) is 0 Å². The number of allylic oxidation sites excluding steroid dienone is 1. The summed E-state index contributed by atoms with van der Waals surface area (Å²) >= 11 is 0. The zero-order valence-corrected chi connectivity index (χ0v) is 11.6. The highest BCUT2D eigenvalue weighted by atomic mass is 32.2. The van der Waals surface area contributed by atoms with E-state index in [1.807, 2.05) is 0 Å². The van der Waals surface area contributed by atoms with Crippen LogP contribution in [-0.4, -0.2) is 22.0 Å². The lowest BCUT2D eigenvalue weighted by atomic mass is 10.0. The normalized spacial score (nSPS) is 16.9. The van der Waals surface area contributed by atoms with E-state index in [1.165, 1.54) is 0 Å². The lowest BCUT2D eigenvalue weighted by molar-refractivity contribution is -0.137.